The number of fused-ring (bicyclic) bond motifs is 1. The zero-order valence-electron chi connectivity index (χ0n) is 20.9. The molecule has 2 saturated carbocycles. The van der Waals surface area contributed by atoms with E-state index in [1.165, 1.54) is 6.07 Å². The summed E-state index contributed by atoms with van der Waals surface area (Å²) in [6, 6.07) is 8.21. The van der Waals surface area contributed by atoms with E-state index in [9.17, 15) is 23.1 Å². The van der Waals surface area contributed by atoms with Crippen LogP contribution in [-0.2, 0) is 11.0 Å². The standard InChI is InChI=1S/C28H36F3NO3/c1-5-22(32-24-15-21(26(33)34)27(24,3)4)18-9-8-17-10-13-23(25(20(17)14-18)28(29,30)31)35-19-11-6-16(2)7-12-19/h8-10,13-14,16,19,21-22,24,32H,5-7,11-12,15H2,1-4H3,(H,33,34)/t16?,19?,21?,22?,24-/m1/s1. The number of ether oxygens (including phenoxy) is 1. The summed E-state index contributed by atoms with van der Waals surface area (Å²) in [6.45, 7) is 8.00. The summed E-state index contributed by atoms with van der Waals surface area (Å²) in [4.78, 5) is 11.5. The molecular weight excluding hydrogens is 455 g/mol. The maximum atomic E-state index is 14.4. The fourth-order valence-electron chi connectivity index (χ4n) is 5.77. The Kier molecular flexibility index (Phi) is 7.11. The van der Waals surface area contributed by atoms with Crippen molar-refractivity contribution in [3.05, 3.63) is 41.5 Å². The fourth-order valence-corrected chi connectivity index (χ4v) is 5.77. The molecule has 2 aromatic carbocycles. The molecule has 2 fully saturated rings. The Labute approximate surface area is 205 Å². The van der Waals surface area contributed by atoms with E-state index in [4.69, 9.17) is 4.74 Å². The molecular formula is C28H36F3NO3. The average molecular weight is 492 g/mol. The fraction of sp³-hybridized carbons (Fsp3) is 0.607. The van der Waals surface area contributed by atoms with Gasteiger partial charge in [0.25, 0.3) is 0 Å². The predicted octanol–water partition coefficient (Wildman–Crippen LogP) is 7.36. The second kappa shape index (κ2) is 9.64. The molecule has 0 aliphatic heterocycles. The molecule has 192 valence electrons. The largest absolute Gasteiger partial charge is 0.490 e. The first-order valence-electron chi connectivity index (χ1n) is 12.7. The molecule has 2 N–H and O–H groups in total. The average Bonchev–Trinajstić information content (AvgIpc) is 2.78. The van der Waals surface area contributed by atoms with Gasteiger partial charge in [0.2, 0.25) is 0 Å². The number of carboxylic acid groups (broad SMARTS) is 1. The van der Waals surface area contributed by atoms with E-state index in [-0.39, 0.29) is 29.3 Å². The maximum absolute atomic E-state index is 14.4. The number of carbonyl (C=O) groups is 1. The van der Waals surface area contributed by atoms with Crippen LogP contribution < -0.4 is 10.1 Å². The summed E-state index contributed by atoms with van der Waals surface area (Å²) < 4.78 is 49.0. The molecule has 0 saturated heterocycles. The minimum Gasteiger partial charge on any atom is -0.490 e. The summed E-state index contributed by atoms with van der Waals surface area (Å²) in [5.74, 6) is -0.733. The third-order valence-corrected chi connectivity index (χ3v) is 8.33. The molecule has 3 atom stereocenters. The number of nitrogens with one attached hydrogen (secondary N) is 1. The summed E-state index contributed by atoms with van der Waals surface area (Å²) in [5.41, 5.74) is -0.366. The number of hydrogen-bond acceptors (Lipinski definition) is 3. The van der Waals surface area contributed by atoms with Gasteiger partial charge < -0.3 is 15.2 Å². The van der Waals surface area contributed by atoms with E-state index in [1.54, 1.807) is 18.2 Å². The summed E-state index contributed by atoms with van der Waals surface area (Å²) in [5, 5.41) is 13.6. The monoisotopic (exact) mass is 491 g/mol. The number of alkyl halides is 3. The number of hydrogen-bond donors (Lipinski definition) is 2. The summed E-state index contributed by atoms with van der Waals surface area (Å²) in [7, 11) is 0. The first-order valence-corrected chi connectivity index (χ1v) is 12.7. The van der Waals surface area contributed by atoms with Crippen molar-refractivity contribution >= 4 is 16.7 Å². The van der Waals surface area contributed by atoms with Crippen molar-refractivity contribution in [2.24, 2.45) is 17.3 Å². The molecule has 4 nitrogen and oxygen atoms in total. The minimum atomic E-state index is -4.55. The number of benzene rings is 2. The van der Waals surface area contributed by atoms with Gasteiger partial charge in [-0.05, 0) is 78.3 Å². The predicted molar refractivity (Wildman–Crippen MR) is 130 cm³/mol. The van der Waals surface area contributed by atoms with Crippen LogP contribution >= 0.6 is 0 Å². The van der Waals surface area contributed by atoms with E-state index >= 15 is 0 Å². The van der Waals surface area contributed by atoms with Crippen molar-refractivity contribution in [3.8, 4) is 5.75 Å². The maximum Gasteiger partial charge on any atom is 0.420 e. The molecule has 0 bridgehead atoms. The normalized spacial score (nSPS) is 27.3. The zero-order chi connectivity index (χ0) is 25.5. The Morgan fingerprint density at radius 1 is 1.17 bits per heavy atom. The van der Waals surface area contributed by atoms with Crippen molar-refractivity contribution in [1.29, 1.82) is 0 Å². The molecule has 0 heterocycles. The van der Waals surface area contributed by atoms with Gasteiger partial charge in [-0.3, -0.25) is 4.79 Å². The highest BCUT2D eigenvalue weighted by atomic mass is 19.4. The van der Waals surface area contributed by atoms with Gasteiger partial charge in [-0.15, -0.1) is 0 Å². The Hall–Kier alpha value is -2.28. The molecule has 2 aromatic rings. The first kappa shape index (κ1) is 25.8. The number of aliphatic carboxylic acids is 1. The van der Waals surface area contributed by atoms with E-state index in [0.29, 0.717) is 24.1 Å². The molecule has 0 spiro atoms. The molecule has 4 rings (SSSR count). The van der Waals surface area contributed by atoms with Crippen molar-refractivity contribution < 1.29 is 27.8 Å². The molecule has 0 radical (unpaired) electrons. The van der Waals surface area contributed by atoms with E-state index < -0.39 is 29.0 Å². The Morgan fingerprint density at radius 2 is 1.83 bits per heavy atom. The topological polar surface area (TPSA) is 58.6 Å². The third kappa shape index (κ3) is 5.16. The Balaban J connectivity index is 1.65. The molecule has 0 amide bonds. The molecule has 2 unspecified atom stereocenters. The van der Waals surface area contributed by atoms with Gasteiger partial charge in [0.1, 0.15) is 11.3 Å². The second-order valence-corrected chi connectivity index (χ2v) is 11.0. The number of carboxylic acids is 1. The van der Waals surface area contributed by atoms with Gasteiger partial charge in [-0.25, -0.2) is 0 Å². The number of rotatable bonds is 7. The summed E-state index contributed by atoms with van der Waals surface area (Å²) in [6.07, 6.45) is -0.0799. The van der Waals surface area contributed by atoms with Crippen molar-refractivity contribution in [1.82, 2.24) is 5.32 Å². The van der Waals surface area contributed by atoms with E-state index in [2.05, 4.69) is 12.2 Å². The van der Waals surface area contributed by atoms with Gasteiger partial charge in [0.15, 0.2) is 0 Å². The Morgan fingerprint density at radius 3 is 2.40 bits per heavy atom. The first-order chi connectivity index (χ1) is 16.4. The van der Waals surface area contributed by atoms with Crippen LogP contribution in [0.4, 0.5) is 13.2 Å². The Bertz CT molecular complexity index is 1070. The van der Waals surface area contributed by atoms with Crippen LogP contribution in [0.25, 0.3) is 10.8 Å². The van der Waals surface area contributed by atoms with Gasteiger partial charge in [-0.1, -0.05) is 45.9 Å². The lowest BCUT2D eigenvalue weighted by atomic mass is 9.58. The second-order valence-electron chi connectivity index (χ2n) is 11.0. The van der Waals surface area contributed by atoms with Crippen LogP contribution in [0.15, 0.2) is 30.3 Å². The lowest BCUT2D eigenvalue weighted by molar-refractivity contribution is -0.155. The van der Waals surface area contributed by atoms with Crippen LogP contribution in [0.2, 0.25) is 0 Å². The van der Waals surface area contributed by atoms with Crippen LogP contribution in [0, 0.1) is 17.3 Å². The zero-order valence-corrected chi connectivity index (χ0v) is 20.9. The van der Waals surface area contributed by atoms with Crippen LogP contribution in [0.5, 0.6) is 5.75 Å². The van der Waals surface area contributed by atoms with Gasteiger partial charge >= 0.3 is 12.1 Å². The quantitative estimate of drug-likeness (QED) is 0.425. The van der Waals surface area contributed by atoms with Crippen molar-refractivity contribution in [3.63, 3.8) is 0 Å². The highest BCUT2D eigenvalue weighted by molar-refractivity contribution is 5.89. The molecule has 2 aliphatic carbocycles. The van der Waals surface area contributed by atoms with Crippen LogP contribution in [0.1, 0.15) is 83.4 Å². The van der Waals surface area contributed by atoms with Gasteiger partial charge in [0, 0.05) is 12.1 Å². The lowest BCUT2D eigenvalue weighted by Crippen LogP contribution is -2.59. The molecule has 2 aliphatic rings. The molecule has 35 heavy (non-hydrogen) atoms. The summed E-state index contributed by atoms with van der Waals surface area (Å²) >= 11 is 0. The molecule has 0 aromatic heterocycles. The van der Waals surface area contributed by atoms with Gasteiger partial charge in [0.05, 0.1) is 12.0 Å². The van der Waals surface area contributed by atoms with Crippen LogP contribution in [0.3, 0.4) is 0 Å². The number of halogens is 3. The smallest absolute Gasteiger partial charge is 0.420 e. The van der Waals surface area contributed by atoms with E-state index in [1.807, 2.05) is 26.8 Å². The SMILES string of the molecule is CCC(N[C@@H]1CC(C(=O)O)C1(C)C)c1ccc2ccc(OC3CCC(C)CC3)c(C(F)(F)F)c2c1. The van der Waals surface area contributed by atoms with Crippen molar-refractivity contribution in [2.75, 3.05) is 0 Å². The highest BCUT2D eigenvalue weighted by Crippen LogP contribution is 2.48. The molecule has 7 heteroatoms. The minimum absolute atomic E-state index is 0.0188. The van der Waals surface area contributed by atoms with Crippen molar-refractivity contribution in [2.45, 2.75) is 90.6 Å². The van der Waals surface area contributed by atoms with Crippen LogP contribution in [-0.4, -0.2) is 23.2 Å². The van der Waals surface area contributed by atoms with Gasteiger partial charge in [-0.2, -0.15) is 13.2 Å². The lowest BCUT2D eigenvalue weighted by Gasteiger charge is -2.51. The highest BCUT2D eigenvalue weighted by Gasteiger charge is 2.52. The third-order valence-electron chi connectivity index (χ3n) is 8.33. The van der Waals surface area contributed by atoms with E-state index in [0.717, 1.165) is 31.2 Å².